The quantitative estimate of drug-likeness (QED) is 0.533. The summed E-state index contributed by atoms with van der Waals surface area (Å²) in [6.45, 7) is 0.718. The molecular formula is C23H21BrN2O4S. The van der Waals surface area contributed by atoms with Crippen molar-refractivity contribution in [3.8, 4) is 5.75 Å². The van der Waals surface area contributed by atoms with E-state index in [4.69, 9.17) is 4.74 Å². The number of fused-ring (bicyclic) bond motifs is 1. The highest BCUT2D eigenvalue weighted by atomic mass is 79.9. The molecule has 1 amide bonds. The molecule has 0 radical (unpaired) electrons. The minimum atomic E-state index is -3.64. The molecule has 6 nitrogen and oxygen atoms in total. The SMILES string of the molecule is O=C(COc1ccc(S(=O)(=O)NCc2ccccc2)cc1)N1CCc2cc(Br)ccc21. The summed E-state index contributed by atoms with van der Waals surface area (Å²) in [5.74, 6) is 0.299. The van der Waals surface area contributed by atoms with Crippen LogP contribution in [0.5, 0.6) is 5.75 Å². The Labute approximate surface area is 190 Å². The molecule has 0 saturated carbocycles. The van der Waals surface area contributed by atoms with Crippen LogP contribution in [-0.4, -0.2) is 27.5 Å². The molecule has 0 spiro atoms. The van der Waals surface area contributed by atoms with E-state index in [0.29, 0.717) is 12.3 Å². The van der Waals surface area contributed by atoms with Crippen molar-refractivity contribution in [3.05, 3.63) is 88.4 Å². The predicted molar refractivity (Wildman–Crippen MR) is 123 cm³/mol. The van der Waals surface area contributed by atoms with Gasteiger partial charge in [-0.2, -0.15) is 0 Å². The molecule has 1 aliphatic heterocycles. The van der Waals surface area contributed by atoms with E-state index in [1.165, 1.54) is 12.1 Å². The Kier molecular flexibility index (Phi) is 6.41. The van der Waals surface area contributed by atoms with Crippen molar-refractivity contribution >= 4 is 37.5 Å². The topological polar surface area (TPSA) is 75.7 Å². The maximum atomic E-state index is 12.6. The molecule has 0 aliphatic carbocycles. The zero-order valence-corrected chi connectivity index (χ0v) is 19.0. The third-order valence-electron chi connectivity index (χ3n) is 5.04. The van der Waals surface area contributed by atoms with Crippen molar-refractivity contribution in [1.29, 1.82) is 0 Å². The number of carbonyl (C=O) groups is 1. The van der Waals surface area contributed by atoms with Crippen molar-refractivity contribution in [2.75, 3.05) is 18.1 Å². The van der Waals surface area contributed by atoms with Crippen molar-refractivity contribution in [2.45, 2.75) is 17.9 Å². The van der Waals surface area contributed by atoms with Gasteiger partial charge in [-0.05, 0) is 60.0 Å². The Morgan fingerprint density at radius 1 is 1.03 bits per heavy atom. The van der Waals surface area contributed by atoms with Crippen molar-refractivity contribution in [1.82, 2.24) is 4.72 Å². The van der Waals surface area contributed by atoms with Crippen LogP contribution in [-0.2, 0) is 27.8 Å². The predicted octanol–water partition coefficient (Wildman–Crippen LogP) is 3.90. The van der Waals surface area contributed by atoms with E-state index in [-0.39, 0.29) is 24.0 Å². The highest BCUT2D eigenvalue weighted by Gasteiger charge is 2.25. The molecule has 0 fully saturated rings. The molecular weight excluding hydrogens is 480 g/mol. The van der Waals surface area contributed by atoms with Crippen LogP contribution < -0.4 is 14.4 Å². The van der Waals surface area contributed by atoms with Gasteiger partial charge in [0.15, 0.2) is 6.61 Å². The number of hydrogen-bond donors (Lipinski definition) is 1. The first kappa shape index (κ1) is 21.5. The van der Waals surface area contributed by atoms with E-state index >= 15 is 0 Å². The van der Waals surface area contributed by atoms with E-state index in [0.717, 1.165) is 27.7 Å². The van der Waals surface area contributed by atoms with Crippen LogP contribution in [0.1, 0.15) is 11.1 Å². The van der Waals surface area contributed by atoms with Crippen molar-refractivity contribution in [3.63, 3.8) is 0 Å². The third kappa shape index (κ3) is 5.15. The number of nitrogens with zero attached hydrogens (tertiary/aromatic N) is 1. The van der Waals surface area contributed by atoms with Crippen LogP contribution in [0.15, 0.2) is 82.2 Å². The maximum absolute atomic E-state index is 12.6. The Balaban J connectivity index is 1.34. The number of ether oxygens (including phenoxy) is 1. The molecule has 3 aromatic rings. The van der Waals surface area contributed by atoms with Gasteiger partial charge in [-0.15, -0.1) is 0 Å². The van der Waals surface area contributed by atoms with E-state index in [2.05, 4.69) is 20.7 Å². The summed E-state index contributed by atoms with van der Waals surface area (Å²) in [5.41, 5.74) is 2.91. The third-order valence-corrected chi connectivity index (χ3v) is 6.95. The summed E-state index contributed by atoms with van der Waals surface area (Å²) >= 11 is 3.45. The summed E-state index contributed by atoms with van der Waals surface area (Å²) in [5, 5.41) is 0. The molecule has 31 heavy (non-hydrogen) atoms. The largest absolute Gasteiger partial charge is 0.484 e. The lowest BCUT2D eigenvalue weighted by Crippen LogP contribution is -2.33. The first-order chi connectivity index (χ1) is 14.9. The molecule has 8 heteroatoms. The summed E-state index contributed by atoms with van der Waals surface area (Å²) < 4.78 is 34.1. The van der Waals surface area contributed by atoms with Crippen LogP contribution in [0, 0.1) is 0 Å². The second-order valence-corrected chi connectivity index (χ2v) is 9.82. The minimum absolute atomic E-state index is 0.117. The molecule has 0 saturated heterocycles. The van der Waals surface area contributed by atoms with Gasteiger partial charge in [0.25, 0.3) is 5.91 Å². The molecule has 0 unspecified atom stereocenters. The molecule has 160 valence electrons. The van der Waals surface area contributed by atoms with E-state index in [1.807, 2.05) is 48.5 Å². The van der Waals surface area contributed by atoms with Crippen LogP contribution in [0.4, 0.5) is 5.69 Å². The number of hydrogen-bond acceptors (Lipinski definition) is 4. The lowest BCUT2D eigenvalue weighted by Gasteiger charge is -2.17. The van der Waals surface area contributed by atoms with Gasteiger partial charge >= 0.3 is 0 Å². The van der Waals surface area contributed by atoms with Gasteiger partial charge in [-0.25, -0.2) is 13.1 Å². The van der Waals surface area contributed by atoms with Gasteiger partial charge in [0, 0.05) is 23.2 Å². The van der Waals surface area contributed by atoms with E-state index in [1.54, 1.807) is 17.0 Å². The lowest BCUT2D eigenvalue weighted by molar-refractivity contribution is -0.120. The normalized spacial score (nSPS) is 13.1. The maximum Gasteiger partial charge on any atom is 0.264 e. The van der Waals surface area contributed by atoms with Gasteiger partial charge in [0.05, 0.1) is 4.90 Å². The Morgan fingerprint density at radius 2 is 1.77 bits per heavy atom. The number of rotatable bonds is 7. The molecule has 1 aliphatic rings. The molecule has 0 aromatic heterocycles. The number of halogens is 1. The summed E-state index contributed by atoms with van der Waals surface area (Å²) in [6.07, 6.45) is 0.809. The first-order valence-corrected chi connectivity index (χ1v) is 12.1. The highest BCUT2D eigenvalue weighted by molar-refractivity contribution is 9.10. The molecule has 3 aromatic carbocycles. The van der Waals surface area contributed by atoms with Gasteiger partial charge in [0.2, 0.25) is 10.0 Å². The van der Waals surface area contributed by atoms with Crippen molar-refractivity contribution < 1.29 is 17.9 Å². The second kappa shape index (κ2) is 9.21. The number of sulfonamides is 1. The number of nitrogens with one attached hydrogen (secondary N) is 1. The molecule has 0 bridgehead atoms. The van der Waals surface area contributed by atoms with Gasteiger partial charge in [0.1, 0.15) is 5.75 Å². The average Bonchev–Trinajstić information content (AvgIpc) is 3.20. The Morgan fingerprint density at radius 3 is 2.52 bits per heavy atom. The zero-order chi connectivity index (χ0) is 21.8. The lowest BCUT2D eigenvalue weighted by atomic mass is 10.2. The standard InChI is InChI=1S/C23H21BrN2O4S/c24-19-6-11-22-18(14-19)12-13-26(22)23(27)16-30-20-7-9-21(10-8-20)31(28,29)25-15-17-4-2-1-3-5-17/h1-11,14,25H,12-13,15-16H2. The summed E-state index contributed by atoms with van der Waals surface area (Å²) in [4.78, 5) is 14.5. The minimum Gasteiger partial charge on any atom is -0.484 e. The number of anilines is 1. The first-order valence-electron chi connectivity index (χ1n) is 9.78. The fourth-order valence-corrected chi connectivity index (χ4v) is 4.85. The van der Waals surface area contributed by atoms with Crippen LogP contribution in [0.25, 0.3) is 0 Å². The fourth-order valence-electron chi connectivity index (χ4n) is 3.42. The van der Waals surface area contributed by atoms with E-state index in [9.17, 15) is 13.2 Å². The smallest absolute Gasteiger partial charge is 0.264 e. The highest BCUT2D eigenvalue weighted by Crippen LogP contribution is 2.30. The number of benzene rings is 3. The zero-order valence-electron chi connectivity index (χ0n) is 16.6. The Bertz CT molecular complexity index is 1180. The summed E-state index contributed by atoms with van der Waals surface area (Å²) in [6, 6.07) is 21.2. The Hall–Kier alpha value is -2.68. The molecule has 4 rings (SSSR count). The van der Waals surface area contributed by atoms with Gasteiger partial charge in [-0.3, -0.25) is 4.79 Å². The molecule has 1 N–H and O–H groups in total. The molecule has 0 atom stereocenters. The number of carbonyl (C=O) groups excluding carboxylic acids is 1. The van der Waals surface area contributed by atoms with Crippen LogP contribution in [0.3, 0.4) is 0 Å². The number of amides is 1. The summed E-state index contributed by atoms with van der Waals surface area (Å²) in [7, 11) is -3.64. The van der Waals surface area contributed by atoms with Gasteiger partial charge < -0.3 is 9.64 Å². The van der Waals surface area contributed by atoms with Crippen LogP contribution in [0.2, 0.25) is 0 Å². The van der Waals surface area contributed by atoms with Crippen LogP contribution >= 0.6 is 15.9 Å². The monoisotopic (exact) mass is 500 g/mol. The average molecular weight is 501 g/mol. The van der Waals surface area contributed by atoms with Gasteiger partial charge in [-0.1, -0.05) is 46.3 Å². The fraction of sp³-hybridized carbons (Fsp3) is 0.174. The van der Waals surface area contributed by atoms with E-state index < -0.39 is 10.0 Å². The molecule has 1 heterocycles. The van der Waals surface area contributed by atoms with Crippen molar-refractivity contribution in [2.24, 2.45) is 0 Å². The second-order valence-electron chi connectivity index (χ2n) is 7.14.